The Balaban J connectivity index is 1.62. The fourth-order valence-electron chi connectivity index (χ4n) is 3.99. The topological polar surface area (TPSA) is 92.7 Å². The van der Waals surface area contributed by atoms with Gasteiger partial charge in [-0.05, 0) is 19.3 Å². The summed E-state index contributed by atoms with van der Waals surface area (Å²) in [6.45, 7) is 2.58. The van der Waals surface area contributed by atoms with Crippen LogP contribution in [0.25, 0.3) is 0 Å². The van der Waals surface area contributed by atoms with Crippen LogP contribution in [0.2, 0.25) is 0 Å². The number of rotatable bonds is 2. The summed E-state index contributed by atoms with van der Waals surface area (Å²) in [4.78, 5) is 28.3. The molecule has 0 radical (unpaired) electrons. The van der Waals surface area contributed by atoms with Gasteiger partial charge in [0.2, 0.25) is 6.29 Å². The van der Waals surface area contributed by atoms with Gasteiger partial charge in [-0.1, -0.05) is 5.16 Å². The highest BCUT2D eigenvalue weighted by Gasteiger charge is 2.61. The molecule has 1 saturated carbocycles. The molecule has 1 aliphatic carbocycles. The highest BCUT2D eigenvalue weighted by molar-refractivity contribution is 5.94. The van der Waals surface area contributed by atoms with E-state index in [9.17, 15) is 9.59 Å². The van der Waals surface area contributed by atoms with Crippen LogP contribution in [0.4, 0.5) is 0 Å². The average Bonchev–Trinajstić information content (AvgIpc) is 3.04. The van der Waals surface area contributed by atoms with Crippen molar-refractivity contribution in [3.63, 3.8) is 0 Å². The second kappa shape index (κ2) is 5.45. The van der Waals surface area contributed by atoms with Crippen LogP contribution in [-0.2, 0) is 33.4 Å². The Morgan fingerprint density at radius 3 is 2.57 bits per heavy atom. The summed E-state index contributed by atoms with van der Waals surface area (Å²) in [5.41, 5.74) is 0.780. The van der Waals surface area contributed by atoms with E-state index in [1.165, 1.54) is 13.8 Å². The quantitative estimate of drug-likeness (QED) is 0.684. The van der Waals surface area contributed by atoms with Gasteiger partial charge in [-0.3, -0.25) is 9.59 Å². The monoisotopic (exact) mass is 325 g/mol. The van der Waals surface area contributed by atoms with Crippen LogP contribution in [0, 0.1) is 5.92 Å². The van der Waals surface area contributed by atoms with Crippen molar-refractivity contribution >= 4 is 17.7 Å². The van der Waals surface area contributed by atoms with E-state index in [1.54, 1.807) is 0 Å². The Labute approximate surface area is 133 Å². The third-order valence-corrected chi connectivity index (χ3v) is 4.79. The van der Waals surface area contributed by atoms with Crippen molar-refractivity contribution < 1.29 is 33.4 Å². The molecule has 0 spiro atoms. The highest BCUT2D eigenvalue weighted by atomic mass is 16.7. The molecular weight excluding hydrogens is 306 g/mol. The number of hydrogen-bond acceptors (Lipinski definition) is 8. The van der Waals surface area contributed by atoms with Gasteiger partial charge in [0.15, 0.2) is 6.10 Å². The molecule has 126 valence electrons. The molecule has 0 N–H and O–H groups in total. The maximum Gasteiger partial charge on any atom is 0.305 e. The third-order valence-electron chi connectivity index (χ3n) is 4.79. The highest BCUT2D eigenvalue weighted by Crippen LogP contribution is 2.44. The van der Waals surface area contributed by atoms with Crippen molar-refractivity contribution in [2.75, 3.05) is 0 Å². The zero-order valence-corrected chi connectivity index (χ0v) is 13.0. The first-order valence-electron chi connectivity index (χ1n) is 7.93. The van der Waals surface area contributed by atoms with Gasteiger partial charge < -0.3 is 23.8 Å². The number of esters is 2. The van der Waals surface area contributed by atoms with Crippen LogP contribution in [0.3, 0.4) is 0 Å². The van der Waals surface area contributed by atoms with E-state index >= 15 is 0 Å². The third kappa shape index (κ3) is 2.40. The number of fused-ring (bicyclic) bond motifs is 2. The molecule has 8 nitrogen and oxygen atoms in total. The molecule has 0 unspecified atom stereocenters. The van der Waals surface area contributed by atoms with Crippen molar-refractivity contribution in [2.24, 2.45) is 11.1 Å². The predicted molar refractivity (Wildman–Crippen MR) is 74.3 cm³/mol. The molecule has 2 saturated heterocycles. The number of carbonyl (C=O) groups excluding carboxylic acids is 2. The summed E-state index contributed by atoms with van der Waals surface area (Å²) in [6.07, 6.45) is -0.0234. The number of carbonyl (C=O) groups is 2. The van der Waals surface area contributed by atoms with Gasteiger partial charge in [0.1, 0.15) is 18.3 Å². The van der Waals surface area contributed by atoms with E-state index in [0.717, 1.165) is 25.0 Å². The maximum absolute atomic E-state index is 11.4. The molecule has 4 aliphatic rings. The number of oxime groups is 1. The lowest BCUT2D eigenvalue weighted by molar-refractivity contribution is -0.194. The Hall–Kier alpha value is -1.67. The molecule has 3 aliphatic heterocycles. The van der Waals surface area contributed by atoms with Crippen LogP contribution >= 0.6 is 0 Å². The zero-order valence-electron chi connectivity index (χ0n) is 13.0. The second-order valence-electron chi connectivity index (χ2n) is 6.36. The van der Waals surface area contributed by atoms with Gasteiger partial charge in [-0.15, -0.1) is 0 Å². The van der Waals surface area contributed by atoms with E-state index in [4.69, 9.17) is 23.8 Å². The van der Waals surface area contributed by atoms with Crippen molar-refractivity contribution in [3.8, 4) is 0 Å². The molecule has 23 heavy (non-hydrogen) atoms. The zero-order chi connectivity index (χ0) is 16.1. The summed E-state index contributed by atoms with van der Waals surface area (Å²) >= 11 is 0. The number of nitrogens with zero attached hydrogens (tertiary/aromatic N) is 1. The van der Waals surface area contributed by atoms with Crippen molar-refractivity contribution in [2.45, 2.75) is 69.9 Å². The molecule has 0 amide bonds. The summed E-state index contributed by atoms with van der Waals surface area (Å²) in [5.74, 6) is -0.919. The van der Waals surface area contributed by atoms with Crippen LogP contribution in [0.15, 0.2) is 5.16 Å². The molecule has 0 bridgehead atoms. The molecule has 0 aromatic rings. The molecule has 3 fully saturated rings. The Kier molecular flexibility index (Phi) is 3.53. The molecule has 8 heteroatoms. The predicted octanol–water partition coefficient (Wildman–Crippen LogP) is 0.528. The first kappa shape index (κ1) is 14.9. The summed E-state index contributed by atoms with van der Waals surface area (Å²) < 4.78 is 22.5. The van der Waals surface area contributed by atoms with Gasteiger partial charge in [0.05, 0.1) is 17.7 Å². The van der Waals surface area contributed by atoms with E-state index in [2.05, 4.69) is 5.16 Å². The van der Waals surface area contributed by atoms with Crippen LogP contribution in [-0.4, -0.2) is 54.5 Å². The van der Waals surface area contributed by atoms with Gasteiger partial charge in [0.25, 0.3) is 0 Å². The Bertz CT molecular complexity index is 562. The normalized spacial score (nSPS) is 43.7. The first-order valence-corrected chi connectivity index (χ1v) is 7.93. The van der Waals surface area contributed by atoms with Gasteiger partial charge in [-0.2, -0.15) is 0 Å². The van der Waals surface area contributed by atoms with Gasteiger partial charge in [-0.25, -0.2) is 0 Å². The SMILES string of the molecule is CC(=O)O[C@@H]1O[C@@H]2C3=NO[C@@H]4CCC[C@H](O[C@@H]2[C@H]1OC(C)=O)[C@H]34. The van der Waals surface area contributed by atoms with E-state index in [0.29, 0.717) is 0 Å². The average molecular weight is 325 g/mol. The van der Waals surface area contributed by atoms with E-state index in [-0.39, 0.29) is 18.1 Å². The summed E-state index contributed by atoms with van der Waals surface area (Å²) in [6, 6.07) is 0. The smallest absolute Gasteiger partial charge is 0.305 e. The number of ether oxygens (including phenoxy) is 4. The van der Waals surface area contributed by atoms with Crippen LogP contribution in [0.1, 0.15) is 33.1 Å². The Morgan fingerprint density at radius 1 is 1.09 bits per heavy atom. The van der Waals surface area contributed by atoms with Gasteiger partial charge >= 0.3 is 11.9 Å². The lowest BCUT2D eigenvalue weighted by Crippen LogP contribution is -2.55. The van der Waals surface area contributed by atoms with E-state index < -0.39 is 36.5 Å². The Morgan fingerprint density at radius 2 is 1.83 bits per heavy atom. The first-order chi connectivity index (χ1) is 11.0. The molecule has 0 aromatic heterocycles. The maximum atomic E-state index is 11.4. The minimum Gasteiger partial charge on any atom is -0.453 e. The largest absolute Gasteiger partial charge is 0.453 e. The van der Waals surface area contributed by atoms with Crippen molar-refractivity contribution in [1.29, 1.82) is 0 Å². The van der Waals surface area contributed by atoms with Crippen molar-refractivity contribution in [3.05, 3.63) is 0 Å². The molecular formula is C15H19NO7. The minimum absolute atomic E-state index is 0.0215. The van der Waals surface area contributed by atoms with Crippen LogP contribution < -0.4 is 0 Å². The summed E-state index contributed by atoms with van der Waals surface area (Å²) in [5, 5.41) is 4.20. The lowest BCUT2D eigenvalue weighted by Gasteiger charge is -2.40. The van der Waals surface area contributed by atoms with Crippen molar-refractivity contribution in [1.82, 2.24) is 0 Å². The molecule has 4 rings (SSSR count). The van der Waals surface area contributed by atoms with Gasteiger partial charge in [0, 0.05) is 13.8 Å². The second-order valence-corrected chi connectivity index (χ2v) is 6.36. The minimum atomic E-state index is -0.992. The fourth-order valence-corrected chi connectivity index (χ4v) is 3.99. The fraction of sp³-hybridized carbons (Fsp3) is 0.800. The number of hydrogen-bond donors (Lipinski definition) is 0. The van der Waals surface area contributed by atoms with Crippen LogP contribution in [0.5, 0.6) is 0 Å². The molecule has 0 aromatic carbocycles. The summed E-state index contributed by atoms with van der Waals surface area (Å²) in [7, 11) is 0. The molecule has 7 atom stereocenters. The standard InChI is InChI=1S/C15H19NO7/c1-6(17)19-14-13-12(22-15(14)20-7(2)18)11-10-8(21-13)4-3-5-9(10)23-16-11/h8-10,12-15H,3-5H2,1-2H3/t8-,9+,10-,12+,13-,14+,15+/m0/s1. The molecule has 3 heterocycles. The lowest BCUT2D eigenvalue weighted by atomic mass is 9.77. The van der Waals surface area contributed by atoms with E-state index in [1.807, 2.05) is 0 Å².